The van der Waals surface area contributed by atoms with Crippen LogP contribution in [0.1, 0.15) is 40.5 Å². The molecule has 0 aliphatic heterocycles. The summed E-state index contributed by atoms with van der Waals surface area (Å²) in [6, 6.07) is 13.9. The normalized spacial score (nSPS) is 13.3. The molecule has 54 heavy (non-hydrogen) atoms. The van der Waals surface area contributed by atoms with E-state index in [1.807, 2.05) is 0 Å². The lowest BCUT2D eigenvalue weighted by Crippen LogP contribution is -2.38. The molecule has 1 fully saturated rings. The average molecular weight is 769 g/mol. The summed E-state index contributed by atoms with van der Waals surface area (Å²) in [4.78, 5) is 44.8. The molecule has 1 aliphatic carbocycles. The molecule has 1 aromatic heterocycles. The first kappa shape index (κ1) is 40.1. The minimum absolute atomic E-state index is 0.0168. The molecule has 0 unspecified atom stereocenters. The van der Waals surface area contributed by atoms with Gasteiger partial charge in [0.25, 0.3) is 0 Å². The number of halogens is 2. The number of carbonyl (C=O) groups is 3. The van der Waals surface area contributed by atoms with Gasteiger partial charge in [-0.15, -0.1) is 0 Å². The zero-order valence-electron chi connectivity index (χ0n) is 30.6. The number of methoxy groups -OCH3 is 1. The number of hydrogen-bond acceptors (Lipinski definition) is 10. The number of benzene rings is 3. The van der Waals surface area contributed by atoms with Crippen LogP contribution >= 0.6 is 7.60 Å². The van der Waals surface area contributed by atoms with Crippen LogP contribution in [0.4, 0.5) is 20.2 Å². The Balaban J connectivity index is 1.26. The first-order chi connectivity index (χ1) is 25.8. The number of ether oxygens (including phenoxy) is 3. The zero-order chi connectivity index (χ0) is 39.0. The SMILES string of the molecule is CCOP(=O)(CN(CCOc1cc2nccc(Oc3ccc(NC(=O)C4(C(=O)Nc5ccc(F)cc5)CC4)cc3F)c2cc1OC)C(=O)C(C)C)OCC. The molecule has 1 heterocycles. The Morgan fingerprint density at radius 1 is 0.870 bits per heavy atom. The number of aromatic nitrogens is 1. The smallest absolute Gasteiger partial charge is 0.349 e. The molecule has 1 aliphatic rings. The van der Waals surface area contributed by atoms with Crippen molar-refractivity contribution in [3.8, 4) is 23.0 Å². The number of amides is 3. The summed E-state index contributed by atoms with van der Waals surface area (Å²) in [5, 5.41) is 5.73. The first-order valence-electron chi connectivity index (χ1n) is 17.4. The van der Waals surface area contributed by atoms with Gasteiger partial charge in [0.15, 0.2) is 23.1 Å². The fourth-order valence-electron chi connectivity index (χ4n) is 5.59. The van der Waals surface area contributed by atoms with E-state index in [9.17, 15) is 23.3 Å². The van der Waals surface area contributed by atoms with Crippen LogP contribution in [0.25, 0.3) is 10.9 Å². The maximum atomic E-state index is 15.4. The van der Waals surface area contributed by atoms with E-state index in [1.165, 1.54) is 54.6 Å². The lowest BCUT2D eigenvalue weighted by molar-refractivity contribution is -0.134. The second kappa shape index (κ2) is 17.4. The third-order valence-electron chi connectivity index (χ3n) is 8.54. The van der Waals surface area contributed by atoms with Crippen molar-refractivity contribution in [2.45, 2.75) is 40.5 Å². The molecule has 0 spiro atoms. The van der Waals surface area contributed by atoms with Gasteiger partial charge in [0.05, 0.1) is 32.4 Å². The van der Waals surface area contributed by atoms with Crippen LogP contribution in [-0.4, -0.2) is 67.4 Å². The summed E-state index contributed by atoms with van der Waals surface area (Å²) in [5.41, 5.74) is -0.404. The molecule has 5 rings (SSSR count). The molecular formula is C38H43F2N4O9P. The van der Waals surface area contributed by atoms with E-state index in [0.29, 0.717) is 40.9 Å². The Bertz CT molecular complexity index is 2030. The number of anilines is 2. The van der Waals surface area contributed by atoms with Crippen molar-refractivity contribution < 1.29 is 51.0 Å². The lowest BCUT2D eigenvalue weighted by atomic mass is 10.0. The molecule has 0 radical (unpaired) electrons. The molecule has 2 N–H and O–H groups in total. The van der Waals surface area contributed by atoms with Gasteiger partial charge in [-0.3, -0.25) is 23.9 Å². The third-order valence-corrected chi connectivity index (χ3v) is 10.5. The van der Waals surface area contributed by atoms with Crippen molar-refractivity contribution in [3.05, 3.63) is 78.5 Å². The van der Waals surface area contributed by atoms with Gasteiger partial charge in [-0.2, -0.15) is 0 Å². The second-order valence-corrected chi connectivity index (χ2v) is 14.8. The molecule has 1 saturated carbocycles. The highest BCUT2D eigenvalue weighted by Gasteiger charge is 2.56. The molecule has 13 nitrogen and oxygen atoms in total. The standard InChI is InChI=1S/C38H43F2N4O9P/c1-6-51-54(48,52-7-2)23-44(35(45)24(3)4)18-19-50-34-22-30-28(21-33(34)49-5)31(14-17-41-30)53-32-13-12-27(20-29(32)40)43-37(47)38(15-16-38)36(46)42-26-10-8-25(39)9-11-26/h8-14,17,20-22,24H,6-7,15-16,18-19,23H2,1-5H3,(H,42,46)(H,43,47). The summed E-state index contributed by atoms with van der Waals surface area (Å²) < 4.78 is 70.2. The van der Waals surface area contributed by atoms with Gasteiger partial charge in [-0.1, -0.05) is 13.8 Å². The highest BCUT2D eigenvalue weighted by atomic mass is 31.2. The zero-order valence-corrected chi connectivity index (χ0v) is 31.5. The van der Waals surface area contributed by atoms with Crippen LogP contribution in [0, 0.1) is 23.0 Å². The number of nitrogens with zero attached hydrogens (tertiary/aromatic N) is 2. The Labute approximate surface area is 311 Å². The Morgan fingerprint density at radius 2 is 1.52 bits per heavy atom. The minimum Gasteiger partial charge on any atom is -0.493 e. The van der Waals surface area contributed by atoms with Gasteiger partial charge in [-0.25, -0.2) is 8.78 Å². The number of pyridine rings is 1. The highest BCUT2D eigenvalue weighted by Crippen LogP contribution is 2.49. The number of rotatable bonds is 18. The predicted molar refractivity (Wildman–Crippen MR) is 198 cm³/mol. The number of hydrogen-bond donors (Lipinski definition) is 2. The molecule has 288 valence electrons. The summed E-state index contributed by atoms with van der Waals surface area (Å²) >= 11 is 0. The Morgan fingerprint density at radius 3 is 2.11 bits per heavy atom. The quantitative estimate of drug-likeness (QED) is 0.0758. The van der Waals surface area contributed by atoms with Crippen molar-refractivity contribution in [3.63, 3.8) is 0 Å². The first-order valence-corrected chi connectivity index (χ1v) is 19.2. The Kier molecular flexibility index (Phi) is 12.9. The molecule has 0 saturated heterocycles. The van der Waals surface area contributed by atoms with Crippen molar-refractivity contribution in [2.75, 3.05) is 50.4 Å². The molecular weight excluding hydrogens is 725 g/mol. The third kappa shape index (κ3) is 9.51. The van der Waals surface area contributed by atoms with Gasteiger partial charge < -0.3 is 38.8 Å². The maximum Gasteiger partial charge on any atom is 0.349 e. The fraction of sp³-hybridized carbons (Fsp3) is 0.368. The Hall–Kier alpha value is -5.11. The van der Waals surface area contributed by atoms with Crippen molar-refractivity contribution in [1.29, 1.82) is 0 Å². The topological polar surface area (TPSA) is 155 Å². The molecule has 16 heteroatoms. The average Bonchev–Trinajstić information content (AvgIpc) is 3.96. The van der Waals surface area contributed by atoms with Crippen molar-refractivity contribution >= 4 is 47.6 Å². The van der Waals surface area contributed by atoms with Crippen LogP contribution in [0.15, 0.2) is 66.9 Å². The van der Waals surface area contributed by atoms with Crippen molar-refractivity contribution in [2.24, 2.45) is 11.3 Å². The second-order valence-electron chi connectivity index (χ2n) is 12.8. The molecule has 0 atom stereocenters. The number of fused-ring (bicyclic) bond motifs is 1. The van der Waals surface area contributed by atoms with Crippen LogP contribution in [0.5, 0.6) is 23.0 Å². The van der Waals surface area contributed by atoms with Gasteiger partial charge >= 0.3 is 7.60 Å². The van der Waals surface area contributed by atoms with Gasteiger partial charge in [-0.05, 0) is 75.2 Å². The lowest BCUT2D eigenvalue weighted by Gasteiger charge is -2.28. The summed E-state index contributed by atoms with van der Waals surface area (Å²) in [7, 11) is -2.12. The number of nitrogens with one attached hydrogen (secondary N) is 2. The predicted octanol–water partition coefficient (Wildman–Crippen LogP) is 7.76. The fourth-order valence-corrected chi connectivity index (χ4v) is 7.31. The summed E-state index contributed by atoms with van der Waals surface area (Å²) in [6.07, 6.45) is 1.87. The van der Waals surface area contributed by atoms with Crippen molar-refractivity contribution in [1.82, 2.24) is 9.88 Å². The van der Waals surface area contributed by atoms with Gasteiger partial charge in [0.2, 0.25) is 17.7 Å². The van der Waals surface area contributed by atoms with E-state index < -0.39 is 36.5 Å². The molecule has 3 aromatic carbocycles. The van der Waals surface area contributed by atoms with Crippen LogP contribution < -0.4 is 24.8 Å². The van der Waals surface area contributed by atoms with E-state index in [0.717, 1.165) is 6.07 Å². The van der Waals surface area contributed by atoms with E-state index in [2.05, 4.69) is 15.6 Å². The van der Waals surface area contributed by atoms with Gasteiger partial charge in [0.1, 0.15) is 29.9 Å². The molecule has 4 aromatic rings. The van der Waals surface area contributed by atoms with Crippen LogP contribution in [0.2, 0.25) is 0 Å². The summed E-state index contributed by atoms with van der Waals surface area (Å²) in [5.74, 6) is -2.22. The minimum atomic E-state index is -3.56. The van der Waals surface area contributed by atoms with Gasteiger partial charge in [0, 0.05) is 41.0 Å². The van der Waals surface area contributed by atoms with E-state index in [-0.39, 0.29) is 61.7 Å². The largest absolute Gasteiger partial charge is 0.493 e. The van der Waals surface area contributed by atoms with Crippen LogP contribution in [0.3, 0.4) is 0 Å². The molecule has 0 bridgehead atoms. The monoisotopic (exact) mass is 768 g/mol. The van der Waals surface area contributed by atoms with Crippen LogP contribution in [-0.2, 0) is 28.0 Å². The highest BCUT2D eigenvalue weighted by molar-refractivity contribution is 7.53. The molecule has 3 amide bonds. The van der Waals surface area contributed by atoms with E-state index in [1.54, 1.807) is 45.9 Å². The summed E-state index contributed by atoms with van der Waals surface area (Å²) in [6.45, 7) is 7.29. The van der Waals surface area contributed by atoms with E-state index >= 15 is 4.39 Å². The van der Waals surface area contributed by atoms with E-state index in [4.69, 9.17) is 23.3 Å². The number of carbonyl (C=O) groups excluding carboxylic acids is 3. The maximum absolute atomic E-state index is 15.4.